The normalized spacial score (nSPS) is 10.7. The second-order valence-corrected chi connectivity index (χ2v) is 5.80. The van der Waals surface area contributed by atoms with Crippen molar-refractivity contribution >= 4 is 35.5 Å². The fourth-order valence-corrected chi connectivity index (χ4v) is 2.52. The molecule has 0 aliphatic heterocycles. The van der Waals surface area contributed by atoms with Gasteiger partial charge in [0.2, 0.25) is 0 Å². The molecule has 0 bridgehead atoms. The number of para-hydroxylation sites is 1. The Labute approximate surface area is 159 Å². The summed E-state index contributed by atoms with van der Waals surface area (Å²) >= 11 is 5.96. The van der Waals surface area contributed by atoms with E-state index in [1.54, 1.807) is 42.5 Å². The lowest BCUT2D eigenvalue weighted by Gasteiger charge is -2.02. The average Bonchev–Trinajstić information content (AvgIpc) is 3.11. The van der Waals surface area contributed by atoms with Crippen LogP contribution in [0.3, 0.4) is 0 Å². The van der Waals surface area contributed by atoms with Crippen molar-refractivity contribution in [2.75, 3.05) is 5.32 Å². The van der Waals surface area contributed by atoms with Gasteiger partial charge >= 0.3 is 12.0 Å². The fourth-order valence-electron chi connectivity index (χ4n) is 2.25. The maximum atomic E-state index is 11.7. The van der Waals surface area contributed by atoms with E-state index in [2.05, 4.69) is 15.8 Å². The first-order chi connectivity index (χ1) is 13.0. The molecular formula is C19H14ClN3O4. The molecule has 0 spiro atoms. The molecule has 8 heteroatoms. The van der Waals surface area contributed by atoms with Crippen molar-refractivity contribution in [2.45, 2.75) is 0 Å². The van der Waals surface area contributed by atoms with Gasteiger partial charge in [0.1, 0.15) is 11.5 Å². The van der Waals surface area contributed by atoms with E-state index in [1.165, 1.54) is 18.3 Å². The summed E-state index contributed by atoms with van der Waals surface area (Å²) in [6.07, 6.45) is 1.35. The van der Waals surface area contributed by atoms with Crippen LogP contribution in [0.5, 0.6) is 0 Å². The predicted molar refractivity (Wildman–Crippen MR) is 102 cm³/mol. The zero-order valence-electron chi connectivity index (χ0n) is 13.8. The van der Waals surface area contributed by atoms with Crippen molar-refractivity contribution < 1.29 is 19.1 Å². The number of benzene rings is 2. The van der Waals surface area contributed by atoms with Gasteiger partial charge in [-0.2, -0.15) is 5.10 Å². The first kappa shape index (κ1) is 18.2. The summed E-state index contributed by atoms with van der Waals surface area (Å²) in [5, 5.41) is 15.6. The maximum absolute atomic E-state index is 11.7. The van der Waals surface area contributed by atoms with Crippen LogP contribution in [0.15, 0.2) is 70.2 Å². The number of furan rings is 1. The molecule has 0 aliphatic carbocycles. The molecular weight excluding hydrogens is 370 g/mol. The number of hydrogen-bond donors (Lipinski definition) is 3. The molecule has 3 N–H and O–H groups in total. The number of carbonyl (C=O) groups is 2. The van der Waals surface area contributed by atoms with Gasteiger partial charge in [-0.15, -0.1) is 0 Å². The standard InChI is InChI=1S/C19H14ClN3O4/c20-16-10-12(6-8-15(16)18(24)25)17-9-7-14(27-17)11-21-23-19(26)22-13-4-2-1-3-5-13/h1-11H,(H,24,25)(H2,22,23,26)/b21-11+. The van der Waals surface area contributed by atoms with Crippen LogP contribution in [0.4, 0.5) is 10.5 Å². The number of carboxylic acid groups (broad SMARTS) is 1. The van der Waals surface area contributed by atoms with Crippen molar-refractivity contribution in [3.05, 3.63) is 77.0 Å². The van der Waals surface area contributed by atoms with Crippen LogP contribution in [0.2, 0.25) is 5.02 Å². The molecule has 0 atom stereocenters. The molecule has 3 aromatic rings. The molecule has 1 heterocycles. The molecule has 2 aromatic carbocycles. The van der Waals surface area contributed by atoms with Gasteiger partial charge < -0.3 is 14.8 Å². The second-order valence-electron chi connectivity index (χ2n) is 5.39. The monoisotopic (exact) mass is 383 g/mol. The van der Waals surface area contributed by atoms with Crippen LogP contribution in [0.1, 0.15) is 16.1 Å². The topological polar surface area (TPSA) is 104 Å². The van der Waals surface area contributed by atoms with E-state index in [1.807, 2.05) is 6.07 Å². The largest absolute Gasteiger partial charge is 0.478 e. The van der Waals surface area contributed by atoms with E-state index in [0.717, 1.165) is 0 Å². The minimum absolute atomic E-state index is 0.0161. The second kappa shape index (κ2) is 8.20. The highest BCUT2D eigenvalue weighted by Gasteiger charge is 2.11. The number of amides is 2. The molecule has 136 valence electrons. The Morgan fingerprint density at radius 3 is 2.56 bits per heavy atom. The lowest BCUT2D eigenvalue weighted by atomic mass is 10.1. The number of aromatic carboxylic acids is 1. The molecule has 0 radical (unpaired) electrons. The Bertz CT molecular complexity index is 999. The van der Waals surface area contributed by atoms with Gasteiger partial charge in [-0.05, 0) is 36.4 Å². The van der Waals surface area contributed by atoms with Crippen LogP contribution >= 0.6 is 11.6 Å². The highest BCUT2D eigenvalue weighted by molar-refractivity contribution is 6.33. The lowest BCUT2D eigenvalue weighted by Crippen LogP contribution is -2.24. The summed E-state index contributed by atoms with van der Waals surface area (Å²) in [5.74, 6) is -0.203. The molecule has 0 saturated heterocycles. The Kier molecular flexibility index (Phi) is 5.53. The van der Waals surface area contributed by atoms with Crippen molar-refractivity contribution in [3.8, 4) is 11.3 Å². The summed E-state index contributed by atoms with van der Waals surface area (Å²) in [7, 11) is 0. The Balaban J connectivity index is 1.62. The van der Waals surface area contributed by atoms with Gasteiger partial charge in [-0.25, -0.2) is 15.0 Å². The van der Waals surface area contributed by atoms with Crippen LogP contribution in [0.25, 0.3) is 11.3 Å². The number of urea groups is 1. The molecule has 3 rings (SSSR count). The number of carboxylic acids is 1. The average molecular weight is 384 g/mol. The third kappa shape index (κ3) is 4.74. The summed E-state index contributed by atoms with van der Waals surface area (Å²) in [6.45, 7) is 0. The van der Waals surface area contributed by atoms with Crippen LogP contribution in [-0.4, -0.2) is 23.3 Å². The van der Waals surface area contributed by atoms with E-state index in [-0.39, 0.29) is 10.6 Å². The molecule has 0 fully saturated rings. The van der Waals surface area contributed by atoms with Gasteiger partial charge in [0, 0.05) is 11.3 Å². The van der Waals surface area contributed by atoms with E-state index in [9.17, 15) is 9.59 Å². The number of halogens is 1. The molecule has 2 amide bonds. The van der Waals surface area contributed by atoms with Crippen molar-refractivity contribution in [1.29, 1.82) is 0 Å². The summed E-state index contributed by atoms with van der Waals surface area (Å²) in [6, 6.07) is 16.3. The molecule has 0 saturated carbocycles. The lowest BCUT2D eigenvalue weighted by molar-refractivity contribution is 0.0697. The van der Waals surface area contributed by atoms with Gasteiger partial charge in [0.05, 0.1) is 16.8 Å². The molecule has 27 heavy (non-hydrogen) atoms. The van der Waals surface area contributed by atoms with Crippen LogP contribution < -0.4 is 10.7 Å². The molecule has 1 aromatic heterocycles. The number of hydrazone groups is 1. The quantitative estimate of drug-likeness (QED) is 0.447. The number of nitrogens with zero attached hydrogens (tertiary/aromatic N) is 1. The summed E-state index contributed by atoms with van der Waals surface area (Å²) < 4.78 is 5.60. The molecule has 0 aliphatic rings. The first-order valence-electron chi connectivity index (χ1n) is 7.81. The Morgan fingerprint density at radius 2 is 1.85 bits per heavy atom. The van der Waals surface area contributed by atoms with E-state index in [4.69, 9.17) is 21.1 Å². The maximum Gasteiger partial charge on any atom is 0.339 e. The Morgan fingerprint density at radius 1 is 1.07 bits per heavy atom. The minimum Gasteiger partial charge on any atom is -0.478 e. The van der Waals surface area contributed by atoms with Gasteiger partial charge in [0.25, 0.3) is 0 Å². The number of hydrogen-bond acceptors (Lipinski definition) is 4. The first-order valence-corrected chi connectivity index (χ1v) is 8.19. The van der Waals surface area contributed by atoms with Crippen LogP contribution in [0, 0.1) is 0 Å². The van der Waals surface area contributed by atoms with Crippen molar-refractivity contribution in [2.24, 2.45) is 5.10 Å². The smallest absolute Gasteiger partial charge is 0.339 e. The summed E-state index contributed by atoms with van der Waals surface area (Å²) in [5.41, 5.74) is 3.62. The zero-order valence-corrected chi connectivity index (χ0v) is 14.6. The Hall–Kier alpha value is -3.58. The van der Waals surface area contributed by atoms with Gasteiger partial charge in [-0.1, -0.05) is 35.9 Å². The number of carbonyl (C=O) groups excluding carboxylic acids is 1. The predicted octanol–water partition coefficient (Wildman–Crippen LogP) is 4.45. The zero-order chi connectivity index (χ0) is 19.2. The third-order valence-corrected chi connectivity index (χ3v) is 3.81. The van der Waals surface area contributed by atoms with Crippen molar-refractivity contribution in [1.82, 2.24) is 5.43 Å². The van der Waals surface area contributed by atoms with E-state index < -0.39 is 12.0 Å². The third-order valence-electron chi connectivity index (χ3n) is 3.50. The summed E-state index contributed by atoms with van der Waals surface area (Å²) in [4.78, 5) is 22.7. The van der Waals surface area contributed by atoms with E-state index >= 15 is 0 Å². The van der Waals surface area contributed by atoms with Crippen LogP contribution in [-0.2, 0) is 0 Å². The van der Waals surface area contributed by atoms with Gasteiger partial charge in [-0.3, -0.25) is 0 Å². The van der Waals surface area contributed by atoms with Gasteiger partial charge in [0.15, 0.2) is 0 Å². The molecule has 7 nitrogen and oxygen atoms in total. The number of anilines is 1. The molecule has 0 unspecified atom stereocenters. The number of rotatable bonds is 5. The van der Waals surface area contributed by atoms with E-state index in [0.29, 0.717) is 22.8 Å². The fraction of sp³-hybridized carbons (Fsp3) is 0. The highest BCUT2D eigenvalue weighted by atomic mass is 35.5. The number of nitrogens with one attached hydrogen (secondary N) is 2. The minimum atomic E-state index is -1.10. The SMILES string of the molecule is O=C(N/N=C/c1ccc(-c2ccc(C(=O)O)c(Cl)c2)o1)Nc1ccccc1. The van der Waals surface area contributed by atoms with Crippen molar-refractivity contribution in [3.63, 3.8) is 0 Å². The highest BCUT2D eigenvalue weighted by Crippen LogP contribution is 2.27.